The highest BCUT2D eigenvalue weighted by atomic mass is 79.9. The number of alkyl halides is 1. The smallest absolute Gasteiger partial charge is 0.212 e. The van der Waals surface area contributed by atoms with Crippen molar-refractivity contribution in [2.24, 2.45) is 5.92 Å². The van der Waals surface area contributed by atoms with E-state index >= 15 is 0 Å². The van der Waals surface area contributed by atoms with E-state index in [1.165, 1.54) is 0 Å². The van der Waals surface area contributed by atoms with Crippen LogP contribution in [-0.4, -0.2) is 30.5 Å². The number of aryl methyl sites for hydroxylation is 1. The van der Waals surface area contributed by atoms with Gasteiger partial charge in [-0.2, -0.15) is 0 Å². The van der Waals surface area contributed by atoms with Gasteiger partial charge in [-0.05, 0) is 24.5 Å². The van der Waals surface area contributed by atoms with Crippen LogP contribution >= 0.6 is 15.9 Å². The molecule has 1 unspecified atom stereocenters. The minimum absolute atomic E-state index is 0.0748. The molecule has 4 nitrogen and oxygen atoms in total. The van der Waals surface area contributed by atoms with Gasteiger partial charge in [0.15, 0.2) is 0 Å². The van der Waals surface area contributed by atoms with Gasteiger partial charge < -0.3 is 0 Å². The van der Waals surface area contributed by atoms with Crippen LogP contribution in [0, 0.1) is 5.92 Å². The summed E-state index contributed by atoms with van der Waals surface area (Å²) >= 11 is 3.49. The van der Waals surface area contributed by atoms with E-state index in [0.717, 1.165) is 12.1 Å². The molecular weight excluding hydrogens is 328 g/mol. The number of hydrogen-bond donors (Lipinski definition) is 1. The Balaban J connectivity index is 2.36. The molecule has 0 spiro atoms. The highest BCUT2D eigenvalue weighted by Gasteiger charge is 2.14. The van der Waals surface area contributed by atoms with E-state index < -0.39 is 10.0 Å². The molecule has 1 rings (SSSR count). The lowest BCUT2D eigenvalue weighted by atomic mass is 10.1. The first-order valence-corrected chi connectivity index (χ1v) is 8.97. The lowest BCUT2D eigenvalue weighted by molar-refractivity contribution is 0.551. The standard InChI is InChI=1S/C13H21BrN2O2S/c1-11(2)9-12(14)10-16-19(17,18)8-6-13-5-3-4-7-15-13/h3-5,7,11-12,16H,6,8-10H2,1-2H3. The molecule has 0 radical (unpaired) electrons. The maximum atomic E-state index is 11.8. The van der Waals surface area contributed by atoms with Crippen LogP contribution in [-0.2, 0) is 16.4 Å². The van der Waals surface area contributed by atoms with E-state index in [-0.39, 0.29) is 10.6 Å². The van der Waals surface area contributed by atoms with E-state index in [0.29, 0.717) is 18.9 Å². The van der Waals surface area contributed by atoms with Crippen LogP contribution in [0.5, 0.6) is 0 Å². The highest BCUT2D eigenvalue weighted by Crippen LogP contribution is 2.11. The number of pyridine rings is 1. The molecular formula is C13H21BrN2O2S. The number of aromatic nitrogens is 1. The van der Waals surface area contributed by atoms with Crippen LogP contribution in [0.2, 0.25) is 0 Å². The average molecular weight is 349 g/mol. The fourth-order valence-corrected chi connectivity index (χ4v) is 3.87. The highest BCUT2D eigenvalue weighted by molar-refractivity contribution is 9.09. The summed E-state index contributed by atoms with van der Waals surface area (Å²) in [5.74, 6) is 0.619. The van der Waals surface area contributed by atoms with Gasteiger partial charge in [-0.25, -0.2) is 13.1 Å². The number of rotatable bonds is 8. The van der Waals surface area contributed by atoms with Crippen molar-refractivity contribution in [2.45, 2.75) is 31.5 Å². The third-order valence-electron chi connectivity index (χ3n) is 2.60. The molecule has 19 heavy (non-hydrogen) atoms. The third kappa shape index (κ3) is 7.64. The van der Waals surface area contributed by atoms with Gasteiger partial charge in [0.05, 0.1) is 5.75 Å². The lowest BCUT2D eigenvalue weighted by Crippen LogP contribution is -2.32. The summed E-state index contributed by atoms with van der Waals surface area (Å²) in [6, 6.07) is 5.51. The predicted octanol–water partition coefficient (Wildman–Crippen LogP) is 2.35. The van der Waals surface area contributed by atoms with Crippen molar-refractivity contribution in [1.82, 2.24) is 9.71 Å². The van der Waals surface area contributed by atoms with Crippen LogP contribution < -0.4 is 4.72 Å². The van der Waals surface area contributed by atoms with Gasteiger partial charge in [0.2, 0.25) is 10.0 Å². The SMILES string of the molecule is CC(C)CC(Br)CNS(=O)(=O)CCc1ccccn1. The van der Waals surface area contributed by atoms with Crippen molar-refractivity contribution in [3.63, 3.8) is 0 Å². The maximum absolute atomic E-state index is 11.8. The predicted molar refractivity (Wildman–Crippen MR) is 81.9 cm³/mol. The van der Waals surface area contributed by atoms with Crippen LogP contribution in [0.4, 0.5) is 0 Å². The molecule has 6 heteroatoms. The second-order valence-electron chi connectivity index (χ2n) is 4.97. The molecule has 0 aromatic carbocycles. The summed E-state index contributed by atoms with van der Waals surface area (Å²) in [6.07, 6.45) is 3.06. The largest absolute Gasteiger partial charge is 0.261 e. The number of sulfonamides is 1. The summed E-state index contributed by atoms with van der Waals surface area (Å²) < 4.78 is 26.3. The van der Waals surface area contributed by atoms with Crippen LogP contribution in [0.1, 0.15) is 26.0 Å². The first-order valence-electron chi connectivity index (χ1n) is 6.40. The fraction of sp³-hybridized carbons (Fsp3) is 0.615. The Kier molecular flexibility index (Phi) is 6.96. The summed E-state index contributed by atoms with van der Waals surface area (Å²) in [6.45, 7) is 4.66. The zero-order chi connectivity index (χ0) is 14.3. The van der Waals surface area contributed by atoms with Crippen molar-refractivity contribution in [3.05, 3.63) is 30.1 Å². The van der Waals surface area contributed by atoms with Gasteiger partial charge in [0.1, 0.15) is 0 Å². The maximum Gasteiger partial charge on any atom is 0.212 e. The number of halogens is 1. The van der Waals surface area contributed by atoms with E-state index in [4.69, 9.17) is 0 Å². The van der Waals surface area contributed by atoms with Crippen molar-refractivity contribution >= 4 is 26.0 Å². The number of nitrogens with zero attached hydrogens (tertiary/aromatic N) is 1. The second-order valence-corrected chi connectivity index (χ2v) is 8.19. The Morgan fingerprint density at radius 3 is 2.68 bits per heavy atom. The van der Waals surface area contributed by atoms with Crippen molar-refractivity contribution < 1.29 is 8.42 Å². The summed E-state index contributed by atoms with van der Waals surface area (Å²) in [5, 5.41) is 0. The van der Waals surface area contributed by atoms with Gasteiger partial charge in [0, 0.05) is 29.7 Å². The molecule has 0 saturated heterocycles. The van der Waals surface area contributed by atoms with Gasteiger partial charge in [-0.3, -0.25) is 4.98 Å². The molecule has 0 aliphatic carbocycles. The van der Waals surface area contributed by atoms with Crippen molar-refractivity contribution in [2.75, 3.05) is 12.3 Å². The summed E-state index contributed by atoms with van der Waals surface area (Å²) in [4.78, 5) is 4.29. The fourth-order valence-electron chi connectivity index (χ4n) is 1.67. The molecule has 0 amide bonds. The zero-order valence-corrected chi connectivity index (χ0v) is 13.7. The number of hydrogen-bond acceptors (Lipinski definition) is 3. The molecule has 1 aromatic heterocycles. The molecule has 0 aliphatic rings. The molecule has 1 heterocycles. The molecule has 1 aromatic rings. The minimum atomic E-state index is -3.23. The van der Waals surface area contributed by atoms with Crippen LogP contribution in [0.3, 0.4) is 0 Å². The first-order chi connectivity index (χ1) is 8.89. The van der Waals surface area contributed by atoms with Gasteiger partial charge in [-0.15, -0.1) is 0 Å². The van der Waals surface area contributed by atoms with E-state index in [9.17, 15) is 8.42 Å². The molecule has 108 valence electrons. The molecule has 0 fully saturated rings. The minimum Gasteiger partial charge on any atom is -0.261 e. The second kappa shape index (κ2) is 7.97. The summed E-state index contributed by atoms with van der Waals surface area (Å²) in [7, 11) is -3.23. The van der Waals surface area contributed by atoms with Crippen LogP contribution in [0.25, 0.3) is 0 Å². The lowest BCUT2D eigenvalue weighted by Gasteiger charge is -2.13. The molecule has 1 atom stereocenters. The van der Waals surface area contributed by atoms with Gasteiger partial charge in [0.25, 0.3) is 0 Å². The van der Waals surface area contributed by atoms with E-state index in [1.807, 2.05) is 18.2 Å². The Labute approximate surface area is 124 Å². The zero-order valence-electron chi connectivity index (χ0n) is 11.3. The topological polar surface area (TPSA) is 59.1 Å². The van der Waals surface area contributed by atoms with Crippen LogP contribution in [0.15, 0.2) is 24.4 Å². The van der Waals surface area contributed by atoms with Gasteiger partial charge in [-0.1, -0.05) is 35.8 Å². The summed E-state index contributed by atoms with van der Waals surface area (Å²) in [5.41, 5.74) is 0.797. The Bertz CT molecular complexity index is 463. The van der Waals surface area contributed by atoms with Gasteiger partial charge >= 0.3 is 0 Å². The average Bonchev–Trinajstić information content (AvgIpc) is 2.35. The quantitative estimate of drug-likeness (QED) is 0.733. The Morgan fingerprint density at radius 2 is 2.11 bits per heavy atom. The molecule has 0 saturated carbocycles. The first kappa shape index (κ1) is 16.6. The van der Waals surface area contributed by atoms with E-state index in [1.54, 1.807) is 6.20 Å². The molecule has 0 bridgehead atoms. The Morgan fingerprint density at radius 1 is 1.37 bits per heavy atom. The third-order valence-corrected chi connectivity index (χ3v) is 4.65. The number of nitrogens with one attached hydrogen (secondary N) is 1. The molecule has 0 aliphatic heterocycles. The van der Waals surface area contributed by atoms with E-state index in [2.05, 4.69) is 39.5 Å². The normalized spacial score (nSPS) is 13.7. The molecule has 1 N–H and O–H groups in total. The van der Waals surface area contributed by atoms with Crippen molar-refractivity contribution in [3.8, 4) is 0 Å². The monoisotopic (exact) mass is 348 g/mol. The van der Waals surface area contributed by atoms with Crippen molar-refractivity contribution in [1.29, 1.82) is 0 Å². The Hall–Kier alpha value is -0.460.